The number of esters is 1. The van der Waals surface area contributed by atoms with Gasteiger partial charge in [0.1, 0.15) is 18.6 Å². The van der Waals surface area contributed by atoms with Crippen molar-refractivity contribution in [3.05, 3.63) is 34.6 Å². The highest BCUT2D eigenvalue weighted by molar-refractivity contribution is 5.82. The molecule has 0 bridgehead atoms. The summed E-state index contributed by atoms with van der Waals surface area (Å²) in [4.78, 5) is 34.5. The third-order valence-electron chi connectivity index (χ3n) is 2.58. The van der Waals surface area contributed by atoms with Crippen molar-refractivity contribution in [3.63, 3.8) is 0 Å². The summed E-state index contributed by atoms with van der Waals surface area (Å²) in [5.41, 5.74) is 0.0486. The highest BCUT2D eigenvalue weighted by Crippen LogP contribution is 2.02. The van der Waals surface area contributed by atoms with Gasteiger partial charge in [-0.05, 0) is 12.1 Å². The lowest BCUT2D eigenvalue weighted by molar-refractivity contribution is -0.141. The Morgan fingerprint density at radius 3 is 2.85 bits per heavy atom. The molecule has 2 rings (SSSR count). The molecule has 0 aliphatic heterocycles. The van der Waals surface area contributed by atoms with Crippen LogP contribution in [-0.4, -0.2) is 40.5 Å². The molecule has 1 aromatic heterocycles. The molecule has 0 spiro atoms. The van der Waals surface area contributed by atoms with Gasteiger partial charge in [0.05, 0.1) is 12.5 Å². The van der Waals surface area contributed by atoms with Crippen LogP contribution in [0, 0.1) is 0 Å². The molecule has 20 heavy (non-hydrogen) atoms. The first kappa shape index (κ1) is 13.7. The molecular weight excluding hydrogens is 264 g/mol. The summed E-state index contributed by atoms with van der Waals surface area (Å²) in [5.74, 6) is -1.10. The van der Waals surface area contributed by atoms with E-state index in [4.69, 9.17) is 0 Å². The molecule has 0 aliphatic carbocycles. The molecule has 1 N–H and O–H groups in total. The van der Waals surface area contributed by atoms with Crippen LogP contribution >= 0.6 is 0 Å². The van der Waals surface area contributed by atoms with Gasteiger partial charge in [0.25, 0.3) is 5.56 Å². The summed E-state index contributed by atoms with van der Waals surface area (Å²) in [6.45, 7) is -0.571. The van der Waals surface area contributed by atoms with E-state index in [0.29, 0.717) is 10.9 Å². The standard InChI is InChI=1S/C12H12N4O4/c1-20-11(18)6-13-10(17)7-16-12(19)8-4-2-3-5-9(8)14-15-16/h2-5H,6-7H2,1H3,(H,13,17). The van der Waals surface area contributed by atoms with Gasteiger partial charge in [-0.25, -0.2) is 4.68 Å². The van der Waals surface area contributed by atoms with E-state index in [1.165, 1.54) is 7.11 Å². The molecule has 8 heteroatoms. The van der Waals surface area contributed by atoms with Crippen LogP contribution in [0.3, 0.4) is 0 Å². The van der Waals surface area contributed by atoms with Crippen LogP contribution in [0.25, 0.3) is 10.9 Å². The van der Waals surface area contributed by atoms with E-state index in [0.717, 1.165) is 4.68 Å². The zero-order valence-corrected chi connectivity index (χ0v) is 10.7. The van der Waals surface area contributed by atoms with E-state index < -0.39 is 17.4 Å². The van der Waals surface area contributed by atoms with Crippen molar-refractivity contribution in [2.24, 2.45) is 0 Å². The van der Waals surface area contributed by atoms with Crippen LogP contribution in [0.1, 0.15) is 0 Å². The molecule has 8 nitrogen and oxygen atoms in total. The molecule has 1 aromatic carbocycles. The second kappa shape index (κ2) is 5.91. The van der Waals surface area contributed by atoms with Crippen LogP contribution < -0.4 is 10.9 Å². The molecule has 0 saturated carbocycles. The Bertz CT molecular complexity index is 710. The molecule has 1 heterocycles. The molecule has 2 aromatic rings. The van der Waals surface area contributed by atoms with Gasteiger partial charge in [-0.15, -0.1) is 5.10 Å². The number of fused-ring (bicyclic) bond motifs is 1. The van der Waals surface area contributed by atoms with Crippen molar-refractivity contribution in [3.8, 4) is 0 Å². The lowest BCUT2D eigenvalue weighted by atomic mass is 10.2. The zero-order chi connectivity index (χ0) is 14.5. The topological polar surface area (TPSA) is 103 Å². The average Bonchev–Trinajstić information content (AvgIpc) is 2.48. The smallest absolute Gasteiger partial charge is 0.325 e. The number of nitrogens with one attached hydrogen (secondary N) is 1. The van der Waals surface area contributed by atoms with Crippen molar-refractivity contribution in [2.45, 2.75) is 6.54 Å². The minimum atomic E-state index is -0.574. The number of methoxy groups -OCH3 is 1. The van der Waals surface area contributed by atoms with Gasteiger partial charge < -0.3 is 10.1 Å². The Balaban J connectivity index is 2.14. The number of ether oxygens (including phenoxy) is 1. The maximum atomic E-state index is 12.0. The minimum Gasteiger partial charge on any atom is -0.468 e. The maximum absolute atomic E-state index is 12.0. The third kappa shape index (κ3) is 2.97. The van der Waals surface area contributed by atoms with Crippen molar-refractivity contribution in [2.75, 3.05) is 13.7 Å². The number of carbonyl (C=O) groups excluding carboxylic acids is 2. The van der Waals surface area contributed by atoms with Gasteiger partial charge in [-0.2, -0.15) is 0 Å². The minimum absolute atomic E-state index is 0.259. The van der Waals surface area contributed by atoms with Crippen molar-refractivity contribution >= 4 is 22.8 Å². The Morgan fingerprint density at radius 2 is 2.10 bits per heavy atom. The fraction of sp³-hybridized carbons (Fsp3) is 0.250. The molecular formula is C12H12N4O4. The van der Waals surface area contributed by atoms with Crippen LogP contribution in [0.4, 0.5) is 0 Å². The van der Waals surface area contributed by atoms with Gasteiger partial charge in [0, 0.05) is 0 Å². The monoisotopic (exact) mass is 276 g/mol. The summed E-state index contributed by atoms with van der Waals surface area (Å²) in [7, 11) is 1.22. The number of carbonyl (C=O) groups is 2. The predicted molar refractivity (Wildman–Crippen MR) is 68.8 cm³/mol. The zero-order valence-electron chi connectivity index (χ0n) is 10.7. The average molecular weight is 276 g/mol. The van der Waals surface area contributed by atoms with Gasteiger partial charge in [-0.1, -0.05) is 17.3 Å². The van der Waals surface area contributed by atoms with E-state index in [1.54, 1.807) is 24.3 Å². The Hall–Kier alpha value is -2.77. The number of hydrogen-bond acceptors (Lipinski definition) is 6. The molecule has 0 radical (unpaired) electrons. The highest BCUT2D eigenvalue weighted by atomic mass is 16.5. The number of amides is 1. The fourth-order valence-corrected chi connectivity index (χ4v) is 1.56. The summed E-state index contributed by atoms with van der Waals surface area (Å²) in [6, 6.07) is 6.71. The van der Waals surface area contributed by atoms with E-state index in [9.17, 15) is 14.4 Å². The first-order chi connectivity index (χ1) is 9.61. The Kier molecular flexibility index (Phi) is 4.04. The third-order valence-corrected chi connectivity index (χ3v) is 2.58. The number of aromatic nitrogens is 3. The first-order valence-electron chi connectivity index (χ1n) is 5.78. The molecule has 0 saturated heterocycles. The Morgan fingerprint density at radius 1 is 1.35 bits per heavy atom. The first-order valence-corrected chi connectivity index (χ1v) is 5.78. The molecule has 1 amide bonds. The van der Waals surface area contributed by atoms with Crippen LogP contribution in [0.5, 0.6) is 0 Å². The second-order valence-corrected chi connectivity index (χ2v) is 3.92. The number of rotatable bonds is 4. The molecule has 0 atom stereocenters. The molecule has 104 valence electrons. The van der Waals surface area contributed by atoms with E-state index in [1.807, 2.05) is 0 Å². The van der Waals surface area contributed by atoms with Gasteiger partial charge in [-0.3, -0.25) is 14.4 Å². The van der Waals surface area contributed by atoms with Crippen LogP contribution in [0.15, 0.2) is 29.1 Å². The second-order valence-electron chi connectivity index (χ2n) is 3.92. The van der Waals surface area contributed by atoms with Crippen LogP contribution in [0.2, 0.25) is 0 Å². The predicted octanol–water partition coefficient (Wildman–Crippen LogP) is -0.919. The van der Waals surface area contributed by atoms with E-state index in [2.05, 4.69) is 20.4 Å². The lowest BCUT2D eigenvalue weighted by Crippen LogP contribution is -2.36. The number of benzene rings is 1. The summed E-state index contributed by atoms with van der Waals surface area (Å²) in [6.07, 6.45) is 0. The molecule has 0 aliphatic rings. The SMILES string of the molecule is COC(=O)CNC(=O)Cn1nnc2ccccc2c1=O. The van der Waals surface area contributed by atoms with Crippen LogP contribution in [-0.2, 0) is 20.9 Å². The highest BCUT2D eigenvalue weighted by Gasteiger charge is 2.10. The fourth-order valence-electron chi connectivity index (χ4n) is 1.56. The Labute approximate surface area is 113 Å². The van der Waals surface area contributed by atoms with E-state index in [-0.39, 0.29) is 13.1 Å². The van der Waals surface area contributed by atoms with Gasteiger partial charge in [0.2, 0.25) is 5.91 Å². The summed E-state index contributed by atoms with van der Waals surface area (Å²) < 4.78 is 5.32. The van der Waals surface area contributed by atoms with Gasteiger partial charge in [0.15, 0.2) is 0 Å². The quantitative estimate of drug-likeness (QED) is 0.724. The van der Waals surface area contributed by atoms with E-state index >= 15 is 0 Å². The van der Waals surface area contributed by atoms with Crippen molar-refractivity contribution in [1.82, 2.24) is 20.3 Å². The summed E-state index contributed by atoms with van der Waals surface area (Å²) in [5, 5.41) is 10.2. The largest absolute Gasteiger partial charge is 0.468 e. The number of hydrogen-bond donors (Lipinski definition) is 1. The lowest BCUT2D eigenvalue weighted by Gasteiger charge is -2.05. The maximum Gasteiger partial charge on any atom is 0.325 e. The normalized spacial score (nSPS) is 10.2. The molecule has 0 fully saturated rings. The summed E-state index contributed by atoms with van der Waals surface area (Å²) >= 11 is 0. The van der Waals surface area contributed by atoms with Crippen molar-refractivity contribution in [1.29, 1.82) is 0 Å². The molecule has 0 unspecified atom stereocenters. The van der Waals surface area contributed by atoms with Gasteiger partial charge >= 0.3 is 5.97 Å². The van der Waals surface area contributed by atoms with Crippen molar-refractivity contribution < 1.29 is 14.3 Å². The number of nitrogens with zero attached hydrogens (tertiary/aromatic N) is 3.